The van der Waals surface area contributed by atoms with E-state index >= 15 is 0 Å². The maximum Gasteiger partial charge on any atom is 0.0112 e. The van der Waals surface area contributed by atoms with E-state index in [2.05, 4.69) is 38.9 Å². The molecule has 12 heavy (non-hydrogen) atoms. The summed E-state index contributed by atoms with van der Waals surface area (Å²) in [6.07, 6.45) is 7.28. The van der Waals surface area contributed by atoms with E-state index in [4.69, 9.17) is 6.42 Å². The van der Waals surface area contributed by atoms with Gasteiger partial charge >= 0.3 is 0 Å². The van der Waals surface area contributed by atoms with Gasteiger partial charge in [0.05, 0.1) is 0 Å². The molecule has 0 rings (SSSR count). The molecule has 0 fully saturated rings. The van der Waals surface area contributed by atoms with Crippen LogP contribution in [0.15, 0.2) is 0 Å². The van der Waals surface area contributed by atoms with Crippen LogP contribution in [-0.2, 0) is 0 Å². The summed E-state index contributed by atoms with van der Waals surface area (Å²) in [6, 6.07) is 0. The molecule has 0 aliphatic rings. The molecule has 0 heterocycles. The third-order valence-electron chi connectivity index (χ3n) is 1.76. The Morgan fingerprint density at radius 3 is 2.42 bits per heavy atom. The Hall–Kier alpha value is -0.480. The van der Waals surface area contributed by atoms with Crippen molar-refractivity contribution in [3.63, 3.8) is 0 Å². The summed E-state index contributed by atoms with van der Waals surface area (Å²) in [5, 5.41) is 3.44. The first-order chi connectivity index (χ1) is 5.45. The summed E-state index contributed by atoms with van der Waals surface area (Å²) >= 11 is 0. The molecule has 1 unspecified atom stereocenters. The lowest BCUT2D eigenvalue weighted by Gasteiger charge is -2.21. The van der Waals surface area contributed by atoms with Crippen molar-refractivity contribution < 1.29 is 0 Å². The van der Waals surface area contributed by atoms with Crippen LogP contribution in [0.1, 0.15) is 40.5 Å². The smallest absolute Gasteiger partial charge is 0.0112 e. The number of hydrogen-bond donors (Lipinski definition) is 1. The van der Waals surface area contributed by atoms with Crippen LogP contribution in [0.25, 0.3) is 0 Å². The average molecular weight is 167 g/mol. The molecule has 1 heteroatoms. The van der Waals surface area contributed by atoms with E-state index in [1.165, 1.54) is 6.42 Å². The summed E-state index contributed by atoms with van der Waals surface area (Å²) in [4.78, 5) is 0. The zero-order valence-corrected chi connectivity index (χ0v) is 8.78. The van der Waals surface area contributed by atoms with Crippen molar-refractivity contribution in [3.8, 4) is 12.3 Å². The van der Waals surface area contributed by atoms with Crippen LogP contribution in [-0.4, -0.2) is 12.1 Å². The van der Waals surface area contributed by atoms with E-state index in [1.54, 1.807) is 0 Å². The van der Waals surface area contributed by atoms with Gasteiger partial charge in [-0.15, -0.1) is 12.3 Å². The quantitative estimate of drug-likeness (QED) is 0.634. The second-order valence-electron chi connectivity index (χ2n) is 4.48. The van der Waals surface area contributed by atoms with Gasteiger partial charge in [0.15, 0.2) is 0 Å². The Kier molecular flexibility index (Phi) is 5.01. The van der Waals surface area contributed by atoms with Gasteiger partial charge in [-0.05, 0) is 39.7 Å². The van der Waals surface area contributed by atoms with Crippen molar-refractivity contribution in [1.29, 1.82) is 0 Å². The molecular weight excluding hydrogens is 146 g/mol. The molecule has 0 spiro atoms. The molecule has 0 aromatic carbocycles. The number of hydrogen-bond acceptors (Lipinski definition) is 1. The monoisotopic (exact) mass is 167 g/mol. The fraction of sp³-hybridized carbons (Fsp3) is 0.818. The van der Waals surface area contributed by atoms with Crippen LogP contribution < -0.4 is 5.32 Å². The highest BCUT2D eigenvalue weighted by atomic mass is 14.9. The molecular formula is C11H21N. The zero-order valence-electron chi connectivity index (χ0n) is 8.78. The van der Waals surface area contributed by atoms with Gasteiger partial charge in [0, 0.05) is 12.0 Å². The van der Waals surface area contributed by atoms with Crippen molar-refractivity contribution in [1.82, 2.24) is 5.32 Å². The van der Waals surface area contributed by atoms with Gasteiger partial charge in [0.1, 0.15) is 0 Å². The molecule has 0 aliphatic carbocycles. The molecule has 0 aliphatic heterocycles. The van der Waals surface area contributed by atoms with Gasteiger partial charge in [-0.2, -0.15) is 0 Å². The molecule has 0 aromatic rings. The summed E-state index contributed by atoms with van der Waals surface area (Å²) < 4.78 is 0. The lowest BCUT2D eigenvalue weighted by Crippen LogP contribution is -2.36. The second kappa shape index (κ2) is 5.22. The van der Waals surface area contributed by atoms with E-state index in [0.29, 0.717) is 5.92 Å². The molecule has 0 radical (unpaired) electrons. The van der Waals surface area contributed by atoms with Crippen molar-refractivity contribution in [2.75, 3.05) is 6.54 Å². The van der Waals surface area contributed by atoms with E-state index in [1.807, 2.05) is 0 Å². The summed E-state index contributed by atoms with van der Waals surface area (Å²) in [5.41, 5.74) is 0.232. The highest BCUT2D eigenvalue weighted by Crippen LogP contribution is 2.06. The lowest BCUT2D eigenvalue weighted by atomic mass is 10.0. The maximum absolute atomic E-state index is 5.22. The van der Waals surface area contributed by atoms with Crippen LogP contribution >= 0.6 is 0 Å². The third kappa shape index (κ3) is 7.63. The molecule has 70 valence electrons. The van der Waals surface area contributed by atoms with E-state index < -0.39 is 0 Å². The Balaban J connectivity index is 3.38. The summed E-state index contributed by atoms with van der Waals surface area (Å²) in [7, 11) is 0. The van der Waals surface area contributed by atoms with Gasteiger partial charge in [-0.3, -0.25) is 0 Å². The molecule has 1 atom stereocenters. The summed E-state index contributed by atoms with van der Waals surface area (Å²) in [6.45, 7) is 9.80. The second-order valence-corrected chi connectivity index (χ2v) is 4.48. The van der Waals surface area contributed by atoms with Crippen LogP contribution in [0, 0.1) is 18.3 Å². The molecule has 0 aromatic heterocycles. The minimum Gasteiger partial charge on any atom is -0.312 e. The Morgan fingerprint density at radius 2 is 2.00 bits per heavy atom. The molecule has 0 bridgehead atoms. The van der Waals surface area contributed by atoms with Crippen LogP contribution in [0.2, 0.25) is 0 Å². The highest BCUT2D eigenvalue weighted by Gasteiger charge is 2.08. The fourth-order valence-corrected chi connectivity index (χ4v) is 0.997. The molecule has 0 saturated carbocycles. The predicted octanol–water partition coefficient (Wildman–Crippen LogP) is 2.42. The Bertz CT molecular complexity index is 147. The first kappa shape index (κ1) is 11.5. The Morgan fingerprint density at radius 1 is 1.42 bits per heavy atom. The van der Waals surface area contributed by atoms with Gasteiger partial charge in [0.2, 0.25) is 0 Å². The van der Waals surface area contributed by atoms with E-state index in [0.717, 1.165) is 13.0 Å². The van der Waals surface area contributed by atoms with E-state index in [9.17, 15) is 0 Å². The van der Waals surface area contributed by atoms with Gasteiger partial charge in [-0.1, -0.05) is 6.92 Å². The van der Waals surface area contributed by atoms with Crippen LogP contribution in [0.5, 0.6) is 0 Å². The van der Waals surface area contributed by atoms with Crippen molar-refractivity contribution in [2.24, 2.45) is 5.92 Å². The third-order valence-corrected chi connectivity index (χ3v) is 1.76. The van der Waals surface area contributed by atoms with E-state index in [-0.39, 0.29) is 5.54 Å². The molecule has 1 nitrogen and oxygen atoms in total. The lowest BCUT2D eigenvalue weighted by molar-refractivity contribution is 0.397. The minimum atomic E-state index is 0.232. The number of nitrogens with one attached hydrogen (secondary N) is 1. The molecule has 1 N–H and O–H groups in total. The van der Waals surface area contributed by atoms with Gasteiger partial charge in [0.25, 0.3) is 0 Å². The molecule has 0 amide bonds. The highest BCUT2D eigenvalue weighted by molar-refractivity contribution is 4.85. The van der Waals surface area contributed by atoms with Gasteiger partial charge < -0.3 is 5.32 Å². The average Bonchev–Trinajstić information content (AvgIpc) is 1.84. The number of terminal acetylenes is 1. The number of rotatable bonds is 4. The van der Waals surface area contributed by atoms with Crippen LogP contribution in [0.3, 0.4) is 0 Å². The van der Waals surface area contributed by atoms with Crippen LogP contribution in [0.4, 0.5) is 0 Å². The first-order valence-corrected chi connectivity index (χ1v) is 4.64. The van der Waals surface area contributed by atoms with Crippen molar-refractivity contribution in [3.05, 3.63) is 0 Å². The molecule has 0 saturated heterocycles. The Labute approximate surface area is 76.9 Å². The van der Waals surface area contributed by atoms with Gasteiger partial charge in [-0.25, -0.2) is 0 Å². The SMILES string of the molecule is C#CCC(C)CCNC(C)(C)C. The topological polar surface area (TPSA) is 12.0 Å². The predicted molar refractivity (Wildman–Crippen MR) is 55.0 cm³/mol. The maximum atomic E-state index is 5.22. The normalized spacial score (nSPS) is 13.9. The van der Waals surface area contributed by atoms with Crippen molar-refractivity contribution in [2.45, 2.75) is 46.1 Å². The first-order valence-electron chi connectivity index (χ1n) is 4.64. The largest absolute Gasteiger partial charge is 0.312 e. The summed E-state index contributed by atoms with van der Waals surface area (Å²) in [5.74, 6) is 3.33. The fourth-order valence-electron chi connectivity index (χ4n) is 0.997. The zero-order chi connectivity index (χ0) is 9.61. The van der Waals surface area contributed by atoms with Crippen molar-refractivity contribution >= 4 is 0 Å². The standard InChI is InChI=1S/C11H21N/c1-6-7-10(2)8-9-12-11(3,4)5/h1,10,12H,7-9H2,2-5H3. The minimum absolute atomic E-state index is 0.232.